The van der Waals surface area contributed by atoms with Crippen molar-refractivity contribution >= 4 is 11.8 Å². The predicted molar refractivity (Wildman–Crippen MR) is 114 cm³/mol. The number of tetrazole rings is 1. The lowest BCUT2D eigenvalue weighted by atomic mass is 10.1. The van der Waals surface area contributed by atoms with Gasteiger partial charge in [0.15, 0.2) is 0 Å². The summed E-state index contributed by atoms with van der Waals surface area (Å²) in [4.78, 5) is 13.5. The summed E-state index contributed by atoms with van der Waals surface area (Å²) >= 11 is 1.76. The first-order valence-corrected chi connectivity index (χ1v) is 10.3. The molecule has 0 fully saturated rings. The minimum Gasteiger partial charge on any atom is -0.244 e. The van der Waals surface area contributed by atoms with Gasteiger partial charge in [0.05, 0.1) is 11.4 Å². The Hall–Kier alpha value is -3.13. The van der Waals surface area contributed by atoms with Crippen LogP contribution in [0.4, 0.5) is 0 Å². The molecule has 0 unspecified atom stereocenters. The molecule has 0 radical (unpaired) electrons. The monoisotopic (exact) mass is 406 g/mol. The van der Waals surface area contributed by atoms with Crippen molar-refractivity contribution in [1.29, 1.82) is 0 Å². The third-order valence-electron chi connectivity index (χ3n) is 4.95. The van der Waals surface area contributed by atoms with Crippen LogP contribution in [-0.2, 0) is 12.8 Å². The van der Waals surface area contributed by atoms with Crippen LogP contribution < -0.4 is 5.69 Å². The number of hydrogen-bond donors (Lipinski definition) is 0. The van der Waals surface area contributed by atoms with Gasteiger partial charge in [-0.15, -0.1) is 11.8 Å². The quantitative estimate of drug-likeness (QED) is 0.475. The average Bonchev–Trinajstić information content (AvgIpc) is 3.34. The number of aromatic nitrogens is 6. The zero-order chi connectivity index (χ0) is 20.5. The van der Waals surface area contributed by atoms with E-state index < -0.39 is 0 Å². The normalized spacial score (nSPS) is 11.2. The van der Waals surface area contributed by atoms with Gasteiger partial charge in [-0.2, -0.15) is 14.5 Å². The molecule has 0 atom stereocenters. The minimum atomic E-state index is -0.252. The van der Waals surface area contributed by atoms with Gasteiger partial charge in [0.2, 0.25) is 0 Å². The van der Waals surface area contributed by atoms with E-state index in [1.165, 1.54) is 19.8 Å². The molecule has 0 amide bonds. The Morgan fingerprint density at radius 2 is 1.79 bits per heavy atom. The maximum absolute atomic E-state index is 12.3. The first-order chi connectivity index (χ1) is 14.0. The Kier molecular flexibility index (Phi) is 5.10. The molecule has 2 aromatic heterocycles. The summed E-state index contributed by atoms with van der Waals surface area (Å²) in [5.74, 6) is 0.729. The molecule has 8 heteroatoms. The van der Waals surface area contributed by atoms with Gasteiger partial charge in [-0.05, 0) is 77.7 Å². The summed E-state index contributed by atoms with van der Waals surface area (Å²) in [6.07, 6.45) is 3.73. The van der Waals surface area contributed by atoms with E-state index >= 15 is 0 Å². The van der Waals surface area contributed by atoms with E-state index in [2.05, 4.69) is 54.5 Å². The van der Waals surface area contributed by atoms with E-state index in [4.69, 9.17) is 0 Å². The summed E-state index contributed by atoms with van der Waals surface area (Å²) in [5.41, 5.74) is 6.16. The number of aryl methyl sites for hydroxylation is 4. The molecule has 0 saturated carbocycles. The molecule has 4 aromatic rings. The van der Waals surface area contributed by atoms with Crippen molar-refractivity contribution in [2.75, 3.05) is 0 Å². The van der Waals surface area contributed by atoms with Crippen LogP contribution in [0.3, 0.4) is 0 Å². The van der Waals surface area contributed by atoms with E-state index in [0.29, 0.717) is 0 Å². The molecule has 0 N–H and O–H groups in total. The van der Waals surface area contributed by atoms with Gasteiger partial charge in [0.25, 0.3) is 0 Å². The highest BCUT2D eigenvalue weighted by Gasteiger charge is 2.14. The van der Waals surface area contributed by atoms with Crippen LogP contribution in [0.15, 0.2) is 58.5 Å². The largest absolute Gasteiger partial charge is 0.368 e. The summed E-state index contributed by atoms with van der Waals surface area (Å²) in [5, 5.41) is 12.2. The van der Waals surface area contributed by atoms with E-state index in [9.17, 15) is 4.79 Å². The smallest absolute Gasteiger partial charge is 0.244 e. The molecule has 4 rings (SSSR count). The van der Waals surface area contributed by atoms with Gasteiger partial charge in [0, 0.05) is 30.1 Å². The highest BCUT2D eigenvalue weighted by Crippen LogP contribution is 2.32. The van der Waals surface area contributed by atoms with Gasteiger partial charge in [-0.25, -0.2) is 9.48 Å². The van der Waals surface area contributed by atoms with Crippen molar-refractivity contribution in [2.45, 2.75) is 31.4 Å². The van der Waals surface area contributed by atoms with Crippen LogP contribution in [0, 0.1) is 20.8 Å². The summed E-state index contributed by atoms with van der Waals surface area (Å²) in [7, 11) is 1.60. The molecule has 0 saturated heterocycles. The Bertz CT molecular complexity index is 1220. The van der Waals surface area contributed by atoms with Crippen molar-refractivity contribution in [3.8, 4) is 11.4 Å². The Labute approximate surface area is 173 Å². The molecule has 0 aliphatic heterocycles. The lowest BCUT2D eigenvalue weighted by Gasteiger charge is -2.14. The van der Waals surface area contributed by atoms with E-state index in [-0.39, 0.29) is 5.69 Å². The Morgan fingerprint density at radius 1 is 0.966 bits per heavy atom. The zero-order valence-electron chi connectivity index (χ0n) is 16.8. The second-order valence-corrected chi connectivity index (χ2v) is 8.03. The summed E-state index contributed by atoms with van der Waals surface area (Å²) in [6.45, 7) is 6.26. The van der Waals surface area contributed by atoms with Gasteiger partial charge in [-0.3, -0.25) is 0 Å². The van der Waals surface area contributed by atoms with Crippen molar-refractivity contribution in [3.05, 3.63) is 81.5 Å². The third kappa shape index (κ3) is 3.63. The molecule has 0 bridgehead atoms. The highest BCUT2D eigenvalue weighted by molar-refractivity contribution is 7.98. The summed E-state index contributed by atoms with van der Waals surface area (Å²) < 4.78 is 4.49. The predicted octanol–water partition coefficient (Wildman–Crippen LogP) is 3.37. The second-order valence-electron chi connectivity index (χ2n) is 7.01. The van der Waals surface area contributed by atoms with Gasteiger partial charge >= 0.3 is 5.69 Å². The molecule has 29 heavy (non-hydrogen) atoms. The van der Waals surface area contributed by atoms with E-state index in [0.717, 1.165) is 33.8 Å². The second kappa shape index (κ2) is 7.71. The number of thioether (sulfide) groups is 1. The maximum Gasteiger partial charge on any atom is 0.368 e. The number of benzene rings is 2. The Balaban J connectivity index is 1.66. The zero-order valence-corrected chi connectivity index (χ0v) is 17.6. The fraction of sp³-hybridized carbons (Fsp3) is 0.238. The lowest BCUT2D eigenvalue weighted by Crippen LogP contribution is -2.23. The van der Waals surface area contributed by atoms with Crippen LogP contribution in [0.25, 0.3) is 11.4 Å². The first kappa shape index (κ1) is 19.2. The van der Waals surface area contributed by atoms with Gasteiger partial charge < -0.3 is 0 Å². The standard InChI is InChI=1S/C21H22N6OS/c1-14-7-5-8-18(27-21(28)25(4)23-24-27)17(14)13-29-20-12-15(2)19(11-16(20)3)26-10-6-9-22-26/h5-12H,13H2,1-4H3. The number of rotatable bonds is 5. The fourth-order valence-electron chi connectivity index (χ4n) is 3.28. The molecule has 0 aliphatic carbocycles. The van der Waals surface area contributed by atoms with Gasteiger partial charge in [0.1, 0.15) is 0 Å². The molecular weight excluding hydrogens is 384 g/mol. The van der Waals surface area contributed by atoms with Gasteiger partial charge in [-0.1, -0.05) is 12.1 Å². The van der Waals surface area contributed by atoms with E-state index in [1.54, 1.807) is 25.0 Å². The fourth-order valence-corrected chi connectivity index (χ4v) is 4.50. The van der Waals surface area contributed by atoms with Crippen LogP contribution in [0.1, 0.15) is 22.3 Å². The van der Waals surface area contributed by atoms with Crippen LogP contribution in [0.2, 0.25) is 0 Å². The molecule has 148 valence electrons. The SMILES string of the molecule is Cc1cc(-n2cccn2)c(C)cc1SCc1c(C)cccc1-n1nnn(C)c1=O. The van der Waals surface area contributed by atoms with Crippen LogP contribution in [0.5, 0.6) is 0 Å². The highest BCUT2D eigenvalue weighted by atomic mass is 32.2. The number of hydrogen-bond acceptors (Lipinski definition) is 5. The van der Waals surface area contributed by atoms with E-state index in [1.807, 2.05) is 29.1 Å². The molecule has 0 spiro atoms. The summed E-state index contributed by atoms with van der Waals surface area (Å²) in [6, 6.07) is 12.2. The van der Waals surface area contributed by atoms with Crippen molar-refractivity contribution in [1.82, 2.24) is 29.6 Å². The topological polar surface area (TPSA) is 70.5 Å². The molecular formula is C21H22N6OS. The van der Waals surface area contributed by atoms with Crippen molar-refractivity contribution < 1.29 is 0 Å². The first-order valence-electron chi connectivity index (χ1n) is 9.27. The Morgan fingerprint density at radius 3 is 2.48 bits per heavy atom. The molecule has 7 nitrogen and oxygen atoms in total. The van der Waals surface area contributed by atoms with Crippen LogP contribution in [-0.4, -0.2) is 29.6 Å². The maximum atomic E-state index is 12.3. The average molecular weight is 407 g/mol. The van der Waals surface area contributed by atoms with Crippen LogP contribution >= 0.6 is 11.8 Å². The molecule has 0 aliphatic rings. The number of nitrogens with zero attached hydrogens (tertiary/aromatic N) is 6. The minimum absolute atomic E-state index is 0.252. The lowest BCUT2D eigenvalue weighted by molar-refractivity contribution is 0.692. The molecule has 2 aromatic carbocycles. The third-order valence-corrected chi connectivity index (χ3v) is 6.14. The molecule has 2 heterocycles. The van der Waals surface area contributed by atoms with Crippen molar-refractivity contribution in [3.63, 3.8) is 0 Å². The van der Waals surface area contributed by atoms with Crippen molar-refractivity contribution in [2.24, 2.45) is 7.05 Å².